The van der Waals surface area contributed by atoms with Crippen LogP contribution >= 0.6 is 27.3 Å². The highest BCUT2D eigenvalue weighted by Gasteiger charge is 2.15. The van der Waals surface area contributed by atoms with Crippen molar-refractivity contribution in [3.63, 3.8) is 0 Å². The van der Waals surface area contributed by atoms with Crippen LogP contribution in [-0.4, -0.2) is 32.6 Å². The average molecular weight is 391 g/mol. The van der Waals surface area contributed by atoms with Gasteiger partial charge >= 0.3 is 0 Å². The van der Waals surface area contributed by atoms with Gasteiger partial charge in [0.05, 0.1) is 0 Å². The lowest BCUT2D eigenvalue weighted by Gasteiger charge is -2.18. The maximum atomic E-state index is 4.35. The molecule has 4 nitrogen and oxygen atoms in total. The van der Waals surface area contributed by atoms with Crippen molar-refractivity contribution in [2.75, 3.05) is 13.1 Å². The van der Waals surface area contributed by atoms with Crippen molar-refractivity contribution in [1.29, 1.82) is 0 Å². The molecule has 0 aliphatic carbocycles. The van der Waals surface area contributed by atoms with Gasteiger partial charge in [-0.1, -0.05) is 52.2 Å². The maximum absolute atomic E-state index is 4.35. The second kappa shape index (κ2) is 6.71. The molecule has 1 fully saturated rings. The number of thiazole rings is 1. The van der Waals surface area contributed by atoms with Gasteiger partial charge in [0.2, 0.25) is 4.96 Å². The van der Waals surface area contributed by atoms with E-state index in [-0.39, 0.29) is 0 Å². The normalized spacial score (nSPS) is 16.7. The van der Waals surface area contributed by atoms with Crippen LogP contribution in [0.5, 0.6) is 0 Å². The molecule has 0 saturated carbocycles. The van der Waals surface area contributed by atoms with Crippen molar-refractivity contribution >= 4 is 32.2 Å². The molecule has 4 rings (SSSR count). The molecule has 1 saturated heterocycles. The van der Waals surface area contributed by atoms with Crippen molar-refractivity contribution in [3.05, 3.63) is 39.8 Å². The smallest absolute Gasteiger partial charge is 0.216 e. The number of nitrogens with zero attached hydrogens (tertiary/aromatic N) is 4. The first-order chi connectivity index (χ1) is 11.3. The van der Waals surface area contributed by atoms with E-state index in [2.05, 4.69) is 53.8 Å². The molecular formula is C17H19BrN4S. The predicted molar refractivity (Wildman–Crippen MR) is 97.7 cm³/mol. The molecule has 0 radical (unpaired) electrons. The molecule has 1 aliphatic heterocycles. The maximum Gasteiger partial charge on any atom is 0.216 e. The van der Waals surface area contributed by atoms with Gasteiger partial charge in [-0.2, -0.15) is 0 Å². The molecule has 0 unspecified atom stereocenters. The van der Waals surface area contributed by atoms with Crippen LogP contribution in [0.3, 0.4) is 0 Å². The van der Waals surface area contributed by atoms with Crippen LogP contribution in [-0.2, 0) is 6.54 Å². The summed E-state index contributed by atoms with van der Waals surface area (Å²) < 4.78 is 3.20. The fraction of sp³-hybridized carbons (Fsp3) is 0.412. The van der Waals surface area contributed by atoms with Crippen LogP contribution in [0.4, 0.5) is 0 Å². The molecule has 0 amide bonds. The topological polar surface area (TPSA) is 33.4 Å². The number of rotatable bonds is 3. The van der Waals surface area contributed by atoms with Gasteiger partial charge in [0, 0.05) is 27.7 Å². The minimum absolute atomic E-state index is 0.922. The molecule has 3 heterocycles. The third kappa shape index (κ3) is 3.34. The Bertz CT molecular complexity index is 785. The summed E-state index contributed by atoms with van der Waals surface area (Å²) >= 11 is 5.23. The Morgan fingerprint density at radius 3 is 2.48 bits per heavy atom. The van der Waals surface area contributed by atoms with E-state index in [0.717, 1.165) is 27.4 Å². The van der Waals surface area contributed by atoms with E-state index in [1.807, 2.05) is 12.1 Å². The second-order valence-electron chi connectivity index (χ2n) is 6.07. The number of hydrogen-bond acceptors (Lipinski definition) is 4. The van der Waals surface area contributed by atoms with Crippen LogP contribution in [0.15, 0.2) is 34.9 Å². The van der Waals surface area contributed by atoms with Gasteiger partial charge in [-0.15, -0.1) is 10.2 Å². The summed E-state index contributed by atoms with van der Waals surface area (Å²) in [6.07, 6.45) is 7.62. The van der Waals surface area contributed by atoms with Crippen LogP contribution in [0, 0.1) is 0 Å². The standard InChI is InChI=1S/C17H19BrN4S/c18-14-7-5-13(6-8-14)16-19-20-17-22(16)12-15(23-17)11-21-9-3-1-2-4-10-21/h5-8,12H,1-4,9-11H2. The molecule has 2 aromatic heterocycles. The molecule has 6 heteroatoms. The van der Waals surface area contributed by atoms with E-state index in [4.69, 9.17) is 0 Å². The van der Waals surface area contributed by atoms with Gasteiger partial charge in [-0.3, -0.25) is 9.30 Å². The van der Waals surface area contributed by atoms with E-state index in [1.165, 1.54) is 43.6 Å². The van der Waals surface area contributed by atoms with Crippen molar-refractivity contribution in [2.45, 2.75) is 32.2 Å². The van der Waals surface area contributed by atoms with Gasteiger partial charge in [0.25, 0.3) is 0 Å². The van der Waals surface area contributed by atoms with Crippen molar-refractivity contribution in [1.82, 2.24) is 19.5 Å². The van der Waals surface area contributed by atoms with Gasteiger partial charge in [-0.05, 0) is 38.1 Å². The highest BCUT2D eigenvalue weighted by molar-refractivity contribution is 9.10. The number of likely N-dealkylation sites (tertiary alicyclic amines) is 1. The van der Waals surface area contributed by atoms with Crippen LogP contribution in [0.25, 0.3) is 16.3 Å². The molecule has 1 aliphatic rings. The number of benzene rings is 1. The van der Waals surface area contributed by atoms with Crippen LogP contribution < -0.4 is 0 Å². The minimum atomic E-state index is 0.922. The molecular weight excluding hydrogens is 372 g/mol. The first kappa shape index (κ1) is 15.3. The molecule has 23 heavy (non-hydrogen) atoms. The van der Waals surface area contributed by atoms with E-state index in [0.29, 0.717) is 0 Å². The Labute approximate surface area is 148 Å². The number of aromatic nitrogens is 3. The van der Waals surface area contributed by atoms with E-state index >= 15 is 0 Å². The molecule has 3 aromatic rings. The molecule has 0 atom stereocenters. The lowest BCUT2D eigenvalue weighted by molar-refractivity contribution is 0.279. The number of hydrogen-bond donors (Lipinski definition) is 0. The van der Waals surface area contributed by atoms with Gasteiger partial charge in [0.1, 0.15) is 0 Å². The van der Waals surface area contributed by atoms with E-state index < -0.39 is 0 Å². The third-order valence-corrected chi connectivity index (χ3v) is 5.83. The SMILES string of the molecule is Brc1ccc(-c2nnc3sc(CN4CCCCCC4)cn23)cc1. The fourth-order valence-corrected chi connectivity index (χ4v) is 4.36. The number of halogens is 1. The number of fused-ring (bicyclic) bond motifs is 1. The second-order valence-corrected chi connectivity index (χ2v) is 8.08. The summed E-state index contributed by atoms with van der Waals surface area (Å²) in [5, 5.41) is 8.70. The zero-order chi connectivity index (χ0) is 15.6. The van der Waals surface area contributed by atoms with Crippen LogP contribution in [0.2, 0.25) is 0 Å². The Morgan fingerprint density at radius 2 is 1.74 bits per heavy atom. The minimum Gasteiger partial charge on any atom is -0.298 e. The van der Waals surface area contributed by atoms with Crippen molar-refractivity contribution in [3.8, 4) is 11.4 Å². The van der Waals surface area contributed by atoms with E-state index in [1.54, 1.807) is 11.3 Å². The summed E-state index contributed by atoms with van der Waals surface area (Å²) in [4.78, 5) is 4.92. The van der Waals surface area contributed by atoms with Crippen molar-refractivity contribution < 1.29 is 0 Å². The van der Waals surface area contributed by atoms with Crippen molar-refractivity contribution in [2.24, 2.45) is 0 Å². The van der Waals surface area contributed by atoms with Crippen LogP contribution in [0.1, 0.15) is 30.6 Å². The van der Waals surface area contributed by atoms with Gasteiger partial charge < -0.3 is 0 Å². The quantitative estimate of drug-likeness (QED) is 0.655. The molecule has 0 N–H and O–H groups in total. The Morgan fingerprint density at radius 1 is 1.00 bits per heavy atom. The molecule has 0 bridgehead atoms. The third-order valence-electron chi connectivity index (χ3n) is 4.34. The Kier molecular flexibility index (Phi) is 4.46. The zero-order valence-electron chi connectivity index (χ0n) is 12.9. The summed E-state index contributed by atoms with van der Waals surface area (Å²) in [5.74, 6) is 0.922. The lowest BCUT2D eigenvalue weighted by atomic mass is 10.2. The summed E-state index contributed by atoms with van der Waals surface area (Å²) in [7, 11) is 0. The Balaban J connectivity index is 1.60. The first-order valence-corrected chi connectivity index (χ1v) is 9.72. The highest BCUT2D eigenvalue weighted by atomic mass is 79.9. The lowest BCUT2D eigenvalue weighted by Crippen LogP contribution is -2.23. The monoisotopic (exact) mass is 390 g/mol. The zero-order valence-corrected chi connectivity index (χ0v) is 15.3. The predicted octanol–water partition coefficient (Wildman–Crippen LogP) is 4.60. The summed E-state index contributed by atoms with van der Waals surface area (Å²) in [5.41, 5.74) is 1.10. The Hall–Kier alpha value is -1.24. The molecule has 120 valence electrons. The van der Waals surface area contributed by atoms with E-state index in [9.17, 15) is 0 Å². The van der Waals surface area contributed by atoms with Gasteiger partial charge in [0.15, 0.2) is 5.82 Å². The molecule has 0 spiro atoms. The summed E-state index contributed by atoms with van der Waals surface area (Å²) in [6, 6.07) is 8.24. The highest BCUT2D eigenvalue weighted by Crippen LogP contribution is 2.26. The first-order valence-electron chi connectivity index (χ1n) is 8.11. The molecule has 1 aromatic carbocycles. The fourth-order valence-electron chi connectivity index (χ4n) is 3.13. The van der Waals surface area contributed by atoms with Gasteiger partial charge in [-0.25, -0.2) is 0 Å². The summed E-state index contributed by atoms with van der Waals surface area (Å²) in [6.45, 7) is 3.48. The largest absolute Gasteiger partial charge is 0.298 e. The average Bonchev–Trinajstić information content (AvgIpc) is 3.00.